The van der Waals surface area contributed by atoms with E-state index in [1.807, 2.05) is 6.07 Å². The van der Waals surface area contributed by atoms with Gasteiger partial charge in [-0.3, -0.25) is 9.69 Å². The fraction of sp³-hybridized carbons (Fsp3) is 0.320. The number of primary amides is 1. The Morgan fingerprint density at radius 1 is 0.966 bits per heavy atom. The molecular formula is C25H27N3O. The van der Waals surface area contributed by atoms with Crippen LogP contribution in [0.25, 0.3) is 10.8 Å². The molecule has 2 fully saturated rings. The van der Waals surface area contributed by atoms with E-state index in [9.17, 15) is 4.79 Å². The quantitative estimate of drug-likeness (QED) is 0.728. The van der Waals surface area contributed by atoms with Crippen LogP contribution in [0.5, 0.6) is 0 Å². The minimum Gasteiger partial charge on any atom is -0.369 e. The lowest BCUT2D eigenvalue weighted by Gasteiger charge is -2.43. The summed E-state index contributed by atoms with van der Waals surface area (Å²) in [5.41, 5.74) is 9.46. The summed E-state index contributed by atoms with van der Waals surface area (Å²) in [5, 5.41) is 2.30. The van der Waals surface area contributed by atoms with E-state index in [4.69, 9.17) is 5.73 Å². The molecule has 0 aromatic heterocycles. The van der Waals surface area contributed by atoms with Crippen LogP contribution in [0.15, 0.2) is 66.7 Å². The number of benzene rings is 3. The van der Waals surface area contributed by atoms with Crippen LogP contribution in [0, 0.1) is 0 Å². The van der Waals surface area contributed by atoms with Crippen molar-refractivity contribution in [1.29, 1.82) is 0 Å². The maximum absolute atomic E-state index is 11.6. The van der Waals surface area contributed by atoms with Gasteiger partial charge in [-0.15, -0.1) is 0 Å². The number of fused-ring (bicyclic) bond motifs is 1. The molecule has 0 bridgehead atoms. The van der Waals surface area contributed by atoms with Gasteiger partial charge in [-0.05, 0) is 46.9 Å². The smallest absolute Gasteiger partial charge is 0.221 e. The van der Waals surface area contributed by atoms with E-state index in [-0.39, 0.29) is 12.3 Å². The zero-order valence-electron chi connectivity index (χ0n) is 16.7. The first kappa shape index (κ1) is 18.2. The van der Waals surface area contributed by atoms with Gasteiger partial charge in [-0.25, -0.2) is 0 Å². The number of carbonyl (C=O) groups excluding carboxylic acids is 1. The summed E-state index contributed by atoms with van der Waals surface area (Å²) in [4.78, 5) is 16.8. The summed E-state index contributed by atoms with van der Waals surface area (Å²) >= 11 is 0. The molecule has 0 unspecified atom stereocenters. The van der Waals surface area contributed by atoms with E-state index < -0.39 is 0 Å². The lowest BCUT2D eigenvalue weighted by atomic mass is 9.99. The van der Waals surface area contributed by atoms with Gasteiger partial charge in [0, 0.05) is 37.4 Å². The van der Waals surface area contributed by atoms with E-state index in [2.05, 4.69) is 70.5 Å². The molecule has 1 saturated heterocycles. The SMILES string of the molecule is NC(=O)Cc1cc(N2CCN(Cc3ccccc3)C3(CC3)C2)cc2ccccc12. The van der Waals surface area contributed by atoms with Crippen molar-refractivity contribution in [1.82, 2.24) is 4.90 Å². The number of amides is 1. The van der Waals surface area contributed by atoms with Crippen LogP contribution in [-0.2, 0) is 17.8 Å². The lowest BCUT2D eigenvalue weighted by molar-refractivity contribution is -0.117. The zero-order chi connectivity index (χ0) is 19.8. The molecule has 3 aromatic rings. The maximum atomic E-state index is 11.6. The molecule has 29 heavy (non-hydrogen) atoms. The second kappa shape index (κ2) is 7.20. The molecule has 5 rings (SSSR count). The molecule has 3 aromatic carbocycles. The molecule has 1 amide bonds. The van der Waals surface area contributed by atoms with Gasteiger partial charge in [0.05, 0.1) is 6.42 Å². The molecule has 0 atom stereocenters. The van der Waals surface area contributed by atoms with E-state index >= 15 is 0 Å². The third-order valence-corrected chi connectivity index (χ3v) is 6.50. The Balaban J connectivity index is 1.41. The first-order chi connectivity index (χ1) is 14.1. The van der Waals surface area contributed by atoms with Crippen LogP contribution in [0.2, 0.25) is 0 Å². The number of hydrogen-bond donors (Lipinski definition) is 1. The van der Waals surface area contributed by atoms with Crippen LogP contribution in [-0.4, -0.2) is 36.0 Å². The summed E-state index contributed by atoms with van der Waals surface area (Å²) in [6.45, 7) is 4.14. The van der Waals surface area contributed by atoms with Crippen molar-refractivity contribution in [2.24, 2.45) is 5.73 Å². The Kier molecular flexibility index (Phi) is 4.51. The summed E-state index contributed by atoms with van der Waals surface area (Å²) in [5.74, 6) is -0.279. The van der Waals surface area contributed by atoms with E-state index in [0.717, 1.165) is 37.1 Å². The Bertz CT molecular complexity index is 1040. The molecule has 2 aliphatic rings. The van der Waals surface area contributed by atoms with Crippen molar-refractivity contribution < 1.29 is 4.79 Å². The summed E-state index contributed by atoms with van der Waals surface area (Å²) in [6.07, 6.45) is 2.81. The van der Waals surface area contributed by atoms with Gasteiger partial charge >= 0.3 is 0 Å². The molecule has 1 heterocycles. The van der Waals surface area contributed by atoms with Crippen molar-refractivity contribution >= 4 is 22.4 Å². The second-order valence-electron chi connectivity index (χ2n) is 8.52. The standard InChI is InChI=1S/C25H27N3O/c26-24(29)16-21-15-22(14-20-8-4-5-9-23(20)21)27-12-13-28(25(18-27)10-11-25)17-19-6-2-1-3-7-19/h1-9,14-15H,10-13,16-18H2,(H2,26,29). The van der Waals surface area contributed by atoms with Crippen LogP contribution in [0.4, 0.5) is 5.69 Å². The molecule has 148 valence electrons. The number of hydrogen-bond acceptors (Lipinski definition) is 3. The van der Waals surface area contributed by atoms with Crippen molar-refractivity contribution in [3.8, 4) is 0 Å². The highest BCUT2D eigenvalue weighted by atomic mass is 16.1. The van der Waals surface area contributed by atoms with Gasteiger partial charge in [0.25, 0.3) is 0 Å². The van der Waals surface area contributed by atoms with E-state index in [0.29, 0.717) is 5.54 Å². The topological polar surface area (TPSA) is 49.6 Å². The van der Waals surface area contributed by atoms with Gasteiger partial charge in [0.2, 0.25) is 5.91 Å². The number of piperazine rings is 1. The monoisotopic (exact) mass is 385 g/mol. The van der Waals surface area contributed by atoms with E-state index in [1.165, 1.54) is 29.5 Å². The Morgan fingerprint density at radius 3 is 2.48 bits per heavy atom. The molecule has 1 spiro atoms. The summed E-state index contributed by atoms with van der Waals surface area (Å²) in [6, 6.07) is 23.5. The number of carbonyl (C=O) groups is 1. The average Bonchev–Trinajstić information content (AvgIpc) is 3.50. The van der Waals surface area contributed by atoms with Gasteiger partial charge in [-0.2, -0.15) is 0 Å². The summed E-state index contributed by atoms with van der Waals surface area (Å²) in [7, 11) is 0. The van der Waals surface area contributed by atoms with Crippen LogP contribution >= 0.6 is 0 Å². The molecule has 2 N–H and O–H groups in total. The van der Waals surface area contributed by atoms with Crippen LogP contribution in [0.1, 0.15) is 24.0 Å². The molecule has 1 aliphatic carbocycles. The Labute approximate surface area is 171 Å². The predicted octanol–water partition coefficient (Wildman–Crippen LogP) is 3.72. The van der Waals surface area contributed by atoms with Gasteiger partial charge < -0.3 is 10.6 Å². The summed E-state index contributed by atoms with van der Waals surface area (Å²) < 4.78 is 0. The van der Waals surface area contributed by atoms with Crippen molar-refractivity contribution in [2.75, 3.05) is 24.5 Å². The average molecular weight is 386 g/mol. The van der Waals surface area contributed by atoms with Gasteiger partial charge in [-0.1, -0.05) is 54.6 Å². The Hall–Kier alpha value is -2.85. The second-order valence-corrected chi connectivity index (χ2v) is 8.52. The number of nitrogens with two attached hydrogens (primary N) is 1. The molecule has 1 aliphatic heterocycles. The third-order valence-electron chi connectivity index (χ3n) is 6.50. The molecule has 4 nitrogen and oxygen atoms in total. The first-order valence-electron chi connectivity index (χ1n) is 10.5. The normalized spacial score (nSPS) is 18.3. The molecular weight excluding hydrogens is 358 g/mol. The van der Waals surface area contributed by atoms with Crippen LogP contribution in [0.3, 0.4) is 0 Å². The minimum absolute atomic E-state index is 0.279. The molecule has 1 saturated carbocycles. The molecule has 4 heteroatoms. The zero-order valence-corrected chi connectivity index (χ0v) is 16.7. The highest BCUT2D eigenvalue weighted by Crippen LogP contribution is 2.46. The Morgan fingerprint density at radius 2 is 1.72 bits per heavy atom. The molecule has 0 radical (unpaired) electrons. The highest BCUT2D eigenvalue weighted by Gasteiger charge is 2.51. The minimum atomic E-state index is -0.279. The van der Waals surface area contributed by atoms with Crippen LogP contribution < -0.4 is 10.6 Å². The fourth-order valence-electron chi connectivity index (χ4n) is 4.79. The van der Waals surface area contributed by atoms with Gasteiger partial charge in [0.15, 0.2) is 0 Å². The number of anilines is 1. The lowest BCUT2D eigenvalue weighted by Crippen LogP contribution is -2.54. The van der Waals surface area contributed by atoms with Crippen molar-refractivity contribution in [3.05, 3.63) is 77.9 Å². The third kappa shape index (κ3) is 3.60. The first-order valence-corrected chi connectivity index (χ1v) is 10.5. The van der Waals surface area contributed by atoms with E-state index in [1.54, 1.807) is 0 Å². The highest BCUT2D eigenvalue weighted by molar-refractivity contribution is 5.92. The largest absolute Gasteiger partial charge is 0.369 e. The number of nitrogens with zero attached hydrogens (tertiary/aromatic N) is 2. The maximum Gasteiger partial charge on any atom is 0.221 e. The van der Waals surface area contributed by atoms with Crippen molar-refractivity contribution in [3.63, 3.8) is 0 Å². The number of rotatable bonds is 5. The van der Waals surface area contributed by atoms with Gasteiger partial charge in [0.1, 0.15) is 0 Å². The van der Waals surface area contributed by atoms with Crippen molar-refractivity contribution in [2.45, 2.75) is 31.3 Å². The fourth-order valence-corrected chi connectivity index (χ4v) is 4.79. The predicted molar refractivity (Wildman–Crippen MR) is 118 cm³/mol.